The zero-order chi connectivity index (χ0) is 25.9. The van der Waals surface area contributed by atoms with Crippen molar-refractivity contribution in [1.29, 1.82) is 0 Å². The van der Waals surface area contributed by atoms with Crippen molar-refractivity contribution in [2.45, 2.75) is 6.54 Å². The van der Waals surface area contributed by atoms with Gasteiger partial charge in [0.05, 0.1) is 6.54 Å². The summed E-state index contributed by atoms with van der Waals surface area (Å²) in [5.41, 5.74) is 2.50. The molecule has 3 aromatic heterocycles. The van der Waals surface area contributed by atoms with Gasteiger partial charge in [0.25, 0.3) is 11.8 Å². The number of rotatable bonds is 6. The van der Waals surface area contributed by atoms with E-state index in [2.05, 4.69) is 15.1 Å². The van der Waals surface area contributed by atoms with Gasteiger partial charge in [-0.05, 0) is 35.9 Å². The Kier molecular flexibility index (Phi) is 5.99. The molecular formula is C29H21N7O2. The Morgan fingerprint density at radius 2 is 1.34 bits per heavy atom. The van der Waals surface area contributed by atoms with Gasteiger partial charge in [0, 0.05) is 23.5 Å². The summed E-state index contributed by atoms with van der Waals surface area (Å²) in [6.07, 6.45) is 4.78. The van der Waals surface area contributed by atoms with Crippen molar-refractivity contribution in [3.63, 3.8) is 0 Å². The molecule has 6 rings (SSSR count). The Morgan fingerprint density at radius 1 is 0.737 bits per heavy atom. The topological polar surface area (TPSA) is 98.8 Å². The van der Waals surface area contributed by atoms with Crippen LogP contribution in [-0.4, -0.2) is 41.1 Å². The van der Waals surface area contributed by atoms with Crippen LogP contribution < -0.4 is 4.90 Å². The lowest BCUT2D eigenvalue weighted by molar-refractivity contribution is 0.0897. The van der Waals surface area contributed by atoms with Crippen LogP contribution in [0.4, 0.5) is 5.82 Å². The van der Waals surface area contributed by atoms with Crippen LogP contribution in [0.25, 0.3) is 17.1 Å². The lowest BCUT2D eigenvalue weighted by atomic mass is 10.1. The molecule has 38 heavy (non-hydrogen) atoms. The molecule has 0 bridgehead atoms. The number of nitrogens with zero attached hydrogens (tertiary/aromatic N) is 7. The minimum absolute atomic E-state index is 0.0953. The minimum Gasteiger partial charge on any atom is -0.288 e. The second-order valence-electron chi connectivity index (χ2n) is 8.48. The molecule has 0 spiro atoms. The molecule has 0 aliphatic rings. The molecule has 0 aliphatic heterocycles. The molecule has 0 saturated heterocycles. The third-order valence-corrected chi connectivity index (χ3v) is 6.04. The van der Waals surface area contributed by atoms with Gasteiger partial charge in [0.1, 0.15) is 6.33 Å². The van der Waals surface area contributed by atoms with Crippen molar-refractivity contribution in [3.05, 3.63) is 132 Å². The normalized spacial score (nSPS) is 10.9. The first-order valence-corrected chi connectivity index (χ1v) is 11.9. The monoisotopic (exact) mass is 499 g/mol. The van der Waals surface area contributed by atoms with E-state index in [0.717, 1.165) is 10.5 Å². The number of anilines is 1. The fourth-order valence-electron chi connectivity index (χ4n) is 4.25. The SMILES string of the molecule is O=C(c1ccccc1)N(C(=O)c1ccccc1)c1ncnc2c1nc(-n1cccn1)n2Cc1ccccc1. The smallest absolute Gasteiger partial charge is 0.266 e. The van der Waals surface area contributed by atoms with Gasteiger partial charge < -0.3 is 0 Å². The van der Waals surface area contributed by atoms with Gasteiger partial charge in [-0.1, -0.05) is 66.7 Å². The second-order valence-corrected chi connectivity index (χ2v) is 8.48. The Bertz CT molecular complexity index is 1660. The Hall–Kier alpha value is -5.44. The third-order valence-electron chi connectivity index (χ3n) is 6.04. The molecule has 0 fully saturated rings. The molecule has 3 aromatic carbocycles. The standard InChI is InChI=1S/C29H21N7O2/c37-27(22-13-6-2-7-14-22)36(28(38)23-15-8-3-9-16-23)26-24-25(30-20-31-26)34(19-21-11-4-1-5-12-21)29(33-24)35-18-10-17-32-35/h1-18,20H,19H2. The summed E-state index contributed by atoms with van der Waals surface area (Å²) in [7, 11) is 0. The summed E-state index contributed by atoms with van der Waals surface area (Å²) in [6.45, 7) is 0.447. The number of amides is 2. The molecule has 0 radical (unpaired) electrons. The lowest BCUT2D eigenvalue weighted by Gasteiger charge is -2.20. The number of aromatic nitrogens is 6. The van der Waals surface area contributed by atoms with Gasteiger partial charge in [-0.2, -0.15) is 5.10 Å². The highest BCUT2D eigenvalue weighted by molar-refractivity contribution is 6.27. The Labute approximate surface area is 217 Å². The molecule has 0 N–H and O–H groups in total. The summed E-state index contributed by atoms with van der Waals surface area (Å²) >= 11 is 0. The van der Waals surface area contributed by atoms with E-state index in [9.17, 15) is 9.59 Å². The van der Waals surface area contributed by atoms with Gasteiger partial charge in [0.15, 0.2) is 17.0 Å². The number of hydrogen-bond acceptors (Lipinski definition) is 6. The largest absolute Gasteiger partial charge is 0.288 e. The highest BCUT2D eigenvalue weighted by Crippen LogP contribution is 2.28. The highest BCUT2D eigenvalue weighted by Gasteiger charge is 2.31. The predicted molar refractivity (Wildman–Crippen MR) is 142 cm³/mol. The number of imidazole rings is 1. The van der Waals surface area contributed by atoms with Crippen molar-refractivity contribution in [1.82, 2.24) is 29.3 Å². The fraction of sp³-hybridized carbons (Fsp3) is 0.0345. The van der Waals surface area contributed by atoms with Crippen molar-refractivity contribution in [2.75, 3.05) is 4.90 Å². The van der Waals surface area contributed by atoms with Crippen LogP contribution in [0.15, 0.2) is 116 Å². The van der Waals surface area contributed by atoms with E-state index in [0.29, 0.717) is 34.8 Å². The summed E-state index contributed by atoms with van der Waals surface area (Å²) in [4.78, 5) is 42.4. The summed E-state index contributed by atoms with van der Waals surface area (Å²) in [5.74, 6) is -0.455. The zero-order valence-electron chi connectivity index (χ0n) is 20.1. The third kappa shape index (κ3) is 4.22. The van der Waals surface area contributed by atoms with Crippen LogP contribution >= 0.6 is 0 Å². The van der Waals surface area contributed by atoms with Crippen LogP contribution in [0.5, 0.6) is 0 Å². The van der Waals surface area contributed by atoms with Gasteiger partial charge >= 0.3 is 0 Å². The van der Waals surface area contributed by atoms with Crippen molar-refractivity contribution < 1.29 is 9.59 Å². The summed E-state index contributed by atoms with van der Waals surface area (Å²) in [6, 6.07) is 28.9. The molecule has 184 valence electrons. The number of hydrogen-bond donors (Lipinski definition) is 0. The molecule has 9 heteroatoms. The molecule has 2 amide bonds. The zero-order valence-corrected chi connectivity index (χ0v) is 20.1. The van der Waals surface area contributed by atoms with E-state index in [1.54, 1.807) is 71.7 Å². The average molecular weight is 500 g/mol. The maximum absolute atomic E-state index is 13.8. The van der Waals surface area contributed by atoms with E-state index in [4.69, 9.17) is 4.98 Å². The first kappa shape index (κ1) is 23.0. The quantitative estimate of drug-likeness (QED) is 0.312. The number of imide groups is 1. The van der Waals surface area contributed by atoms with Crippen molar-refractivity contribution in [3.8, 4) is 5.95 Å². The fourth-order valence-corrected chi connectivity index (χ4v) is 4.25. The molecule has 0 saturated carbocycles. The molecule has 6 aromatic rings. The van der Waals surface area contributed by atoms with Gasteiger partial charge in [-0.25, -0.2) is 24.5 Å². The van der Waals surface area contributed by atoms with Crippen LogP contribution in [0.1, 0.15) is 26.3 Å². The first-order chi connectivity index (χ1) is 18.7. The van der Waals surface area contributed by atoms with Gasteiger partial charge in [-0.3, -0.25) is 14.2 Å². The number of carbonyl (C=O) groups excluding carboxylic acids is 2. The number of benzene rings is 3. The molecule has 0 aliphatic carbocycles. The van der Waals surface area contributed by atoms with E-state index in [1.807, 2.05) is 47.0 Å². The second kappa shape index (κ2) is 9.90. The number of fused-ring (bicyclic) bond motifs is 1. The van der Waals surface area contributed by atoms with Gasteiger partial charge in [0.2, 0.25) is 5.95 Å². The van der Waals surface area contributed by atoms with Crippen molar-refractivity contribution in [2.24, 2.45) is 0 Å². The molecular weight excluding hydrogens is 478 g/mol. The number of carbonyl (C=O) groups is 2. The van der Waals surface area contributed by atoms with Crippen LogP contribution in [0.2, 0.25) is 0 Å². The van der Waals surface area contributed by atoms with Crippen LogP contribution in [0.3, 0.4) is 0 Å². The maximum Gasteiger partial charge on any atom is 0.266 e. The highest BCUT2D eigenvalue weighted by atomic mass is 16.2. The summed E-state index contributed by atoms with van der Waals surface area (Å²) in [5, 5.41) is 4.36. The minimum atomic E-state index is -0.516. The molecule has 0 unspecified atom stereocenters. The van der Waals surface area contributed by atoms with E-state index in [1.165, 1.54) is 6.33 Å². The first-order valence-electron chi connectivity index (χ1n) is 11.9. The average Bonchev–Trinajstić information content (AvgIpc) is 3.64. The Morgan fingerprint density at radius 3 is 1.92 bits per heavy atom. The van der Waals surface area contributed by atoms with Crippen LogP contribution in [0, 0.1) is 0 Å². The van der Waals surface area contributed by atoms with Gasteiger partial charge in [-0.15, -0.1) is 0 Å². The predicted octanol–water partition coefficient (Wildman–Crippen LogP) is 4.55. The summed E-state index contributed by atoms with van der Waals surface area (Å²) < 4.78 is 3.51. The van der Waals surface area contributed by atoms with E-state index < -0.39 is 11.8 Å². The Balaban J connectivity index is 1.57. The lowest BCUT2D eigenvalue weighted by Crippen LogP contribution is -2.38. The molecule has 3 heterocycles. The van der Waals surface area contributed by atoms with E-state index >= 15 is 0 Å². The van der Waals surface area contributed by atoms with Crippen LogP contribution in [-0.2, 0) is 6.54 Å². The molecule has 9 nitrogen and oxygen atoms in total. The maximum atomic E-state index is 13.8. The van der Waals surface area contributed by atoms with E-state index in [-0.39, 0.29) is 5.82 Å². The molecule has 0 atom stereocenters. The van der Waals surface area contributed by atoms with Crippen molar-refractivity contribution >= 4 is 28.8 Å².